The minimum absolute atomic E-state index is 0.780. The number of nitrogens with one attached hydrogen (secondary N) is 1. The summed E-state index contributed by atoms with van der Waals surface area (Å²) in [5, 5.41) is 3.30. The van der Waals surface area contributed by atoms with Gasteiger partial charge in [0.05, 0.1) is 23.8 Å². The monoisotopic (exact) mass is 219 g/mol. The van der Waals surface area contributed by atoms with Gasteiger partial charge in [0, 0.05) is 19.6 Å². The largest absolute Gasteiger partial charge is 0.384 e. The van der Waals surface area contributed by atoms with Crippen LogP contribution in [0.25, 0.3) is 0 Å². The predicted molar refractivity (Wildman–Crippen MR) is 68.9 cm³/mol. The zero-order chi connectivity index (χ0) is 11.5. The molecule has 0 spiro atoms. The Hall–Kier alpha value is -1.25. The normalized spacial score (nSPS) is 24.8. The molecule has 0 aromatic carbocycles. The van der Waals surface area contributed by atoms with Crippen molar-refractivity contribution >= 4 is 11.4 Å². The van der Waals surface area contributed by atoms with Crippen molar-refractivity contribution < 1.29 is 0 Å². The van der Waals surface area contributed by atoms with E-state index in [1.165, 1.54) is 5.69 Å². The van der Waals surface area contributed by atoms with Crippen LogP contribution in [-0.4, -0.2) is 24.6 Å². The number of pyridine rings is 1. The number of anilines is 2. The van der Waals surface area contributed by atoms with Gasteiger partial charge < -0.3 is 10.2 Å². The van der Waals surface area contributed by atoms with Crippen LogP contribution in [0.2, 0.25) is 0 Å². The Kier molecular flexibility index (Phi) is 3.32. The molecule has 16 heavy (non-hydrogen) atoms. The fourth-order valence-electron chi connectivity index (χ4n) is 2.24. The van der Waals surface area contributed by atoms with Gasteiger partial charge in [-0.15, -0.1) is 0 Å². The van der Waals surface area contributed by atoms with Crippen LogP contribution >= 0.6 is 0 Å². The van der Waals surface area contributed by atoms with E-state index in [1.54, 1.807) is 0 Å². The van der Waals surface area contributed by atoms with Crippen molar-refractivity contribution in [1.82, 2.24) is 4.98 Å². The number of nitrogens with zero attached hydrogens (tertiary/aromatic N) is 2. The molecule has 2 atom stereocenters. The smallest absolute Gasteiger partial charge is 0.0573 e. The summed E-state index contributed by atoms with van der Waals surface area (Å²) >= 11 is 0. The van der Waals surface area contributed by atoms with Crippen molar-refractivity contribution in [2.75, 3.05) is 29.9 Å². The lowest BCUT2D eigenvalue weighted by molar-refractivity contribution is 0.494. The Bertz CT molecular complexity index is 341. The molecule has 2 unspecified atom stereocenters. The van der Waals surface area contributed by atoms with E-state index >= 15 is 0 Å². The first-order valence-electron chi connectivity index (χ1n) is 6.14. The molecule has 2 rings (SSSR count). The van der Waals surface area contributed by atoms with Gasteiger partial charge in [-0.3, -0.25) is 4.98 Å². The summed E-state index contributed by atoms with van der Waals surface area (Å²) in [6.45, 7) is 10.00. The quantitative estimate of drug-likeness (QED) is 0.847. The maximum absolute atomic E-state index is 4.29. The molecular weight excluding hydrogens is 198 g/mol. The Morgan fingerprint density at radius 1 is 1.31 bits per heavy atom. The SMILES string of the molecule is CCNc1cncc(N2CC(C)C(C)C2)c1. The molecule has 0 saturated carbocycles. The summed E-state index contributed by atoms with van der Waals surface area (Å²) in [6, 6.07) is 2.20. The summed E-state index contributed by atoms with van der Waals surface area (Å²) in [7, 11) is 0. The molecule has 1 aromatic heterocycles. The third kappa shape index (κ3) is 2.29. The zero-order valence-corrected chi connectivity index (χ0v) is 10.4. The topological polar surface area (TPSA) is 28.2 Å². The second kappa shape index (κ2) is 4.73. The molecule has 0 bridgehead atoms. The van der Waals surface area contributed by atoms with Crippen molar-refractivity contribution in [3.05, 3.63) is 18.5 Å². The minimum Gasteiger partial charge on any atom is -0.384 e. The third-order valence-electron chi connectivity index (χ3n) is 3.46. The fourth-order valence-corrected chi connectivity index (χ4v) is 2.24. The summed E-state index contributed by atoms with van der Waals surface area (Å²) in [5.41, 5.74) is 2.36. The molecule has 1 aromatic rings. The molecule has 1 N–H and O–H groups in total. The van der Waals surface area contributed by atoms with Crippen molar-refractivity contribution in [2.24, 2.45) is 11.8 Å². The van der Waals surface area contributed by atoms with E-state index in [4.69, 9.17) is 0 Å². The Morgan fingerprint density at radius 3 is 2.62 bits per heavy atom. The lowest BCUT2D eigenvalue weighted by Gasteiger charge is -2.18. The number of hydrogen-bond donors (Lipinski definition) is 1. The van der Waals surface area contributed by atoms with E-state index < -0.39 is 0 Å². The first kappa shape index (κ1) is 11.2. The van der Waals surface area contributed by atoms with Crippen LogP contribution in [0.5, 0.6) is 0 Å². The van der Waals surface area contributed by atoms with Crippen LogP contribution in [0.15, 0.2) is 18.5 Å². The van der Waals surface area contributed by atoms with Crippen LogP contribution in [-0.2, 0) is 0 Å². The van der Waals surface area contributed by atoms with Crippen LogP contribution in [0, 0.1) is 11.8 Å². The van der Waals surface area contributed by atoms with Crippen molar-refractivity contribution in [3.63, 3.8) is 0 Å². The van der Waals surface area contributed by atoms with E-state index in [-0.39, 0.29) is 0 Å². The van der Waals surface area contributed by atoms with Gasteiger partial charge in [-0.25, -0.2) is 0 Å². The highest BCUT2D eigenvalue weighted by Gasteiger charge is 2.26. The number of rotatable bonds is 3. The summed E-state index contributed by atoms with van der Waals surface area (Å²) < 4.78 is 0. The molecule has 2 heterocycles. The second-order valence-corrected chi connectivity index (χ2v) is 4.82. The molecule has 3 heteroatoms. The highest BCUT2D eigenvalue weighted by molar-refractivity contribution is 5.56. The van der Waals surface area contributed by atoms with Gasteiger partial charge >= 0.3 is 0 Å². The molecule has 0 aliphatic carbocycles. The first-order valence-corrected chi connectivity index (χ1v) is 6.14. The van der Waals surface area contributed by atoms with Crippen LogP contribution in [0.3, 0.4) is 0 Å². The van der Waals surface area contributed by atoms with Gasteiger partial charge in [0.1, 0.15) is 0 Å². The van der Waals surface area contributed by atoms with Gasteiger partial charge in [-0.2, -0.15) is 0 Å². The fraction of sp³-hybridized carbons (Fsp3) is 0.615. The molecule has 88 valence electrons. The highest BCUT2D eigenvalue weighted by atomic mass is 15.2. The summed E-state index contributed by atoms with van der Waals surface area (Å²) in [5.74, 6) is 1.56. The average molecular weight is 219 g/mol. The minimum atomic E-state index is 0.780. The van der Waals surface area contributed by atoms with E-state index in [9.17, 15) is 0 Å². The Morgan fingerprint density at radius 2 is 2.00 bits per heavy atom. The van der Waals surface area contributed by atoms with E-state index in [0.717, 1.165) is 37.2 Å². The predicted octanol–water partition coefficient (Wildman–Crippen LogP) is 2.61. The maximum Gasteiger partial charge on any atom is 0.0573 e. The van der Waals surface area contributed by atoms with Gasteiger partial charge in [0.15, 0.2) is 0 Å². The molecule has 0 radical (unpaired) electrons. The molecule has 0 amide bonds. The molecule has 1 saturated heterocycles. The lowest BCUT2D eigenvalue weighted by Crippen LogP contribution is -2.19. The average Bonchev–Trinajstić information content (AvgIpc) is 2.60. The van der Waals surface area contributed by atoms with Gasteiger partial charge in [0.25, 0.3) is 0 Å². The van der Waals surface area contributed by atoms with E-state index in [1.807, 2.05) is 12.4 Å². The highest BCUT2D eigenvalue weighted by Crippen LogP contribution is 2.28. The number of aromatic nitrogens is 1. The Balaban J connectivity index is 2.12. The van der Waals surface area contributed by atoms with E-state index in [2.05, 4.69) is 42.0 Å². The van der Waals surface area contributed by atoms with E-state index in [0.29, 0.717) is 0 Å². The van der Waals surface area contributed by atoms with Crippen LogP contribution in [0.4, 0.5) is 11.4 Å². The van der Waals surface area contributed by atoms with Crippen molar-refractivity contribution in [1.29, 1.82) is 0 Å². The summed E-state index contributed by atoms with van der Waals surface area (Å²) in [4.78, 5) is 6.73. The van der Waals surface area contributed by atoms with Gasteiger partial charge in [-0.05, 0) is 24.8 Å². The zero-order valence-electron chi connectivity index (χ0n) is 10.4. The first-order chi connectivity index (χ1) is 7.70. The maximum atomic E-state index is 4.29. The van der Waals surface area contributed by atoms with Gasteiger partial charge in [-0.1, -0.05) is 13.8 Å². The summed E-state index contributed by atoms with van der Waals surface area (Å²) in [6.07, 6.45) is 3.85. The third-order valence-corrected chi connectivity index (χ3v) is 3.46. The molecule has 1 aliphatic heterocycles. The Labute approximate surface area is 97.9 Å². The van der Waals surface area contributed by atoms with Gasteiger partial charge in [0.2, 0.25) is 0 Å². The molecule has 1 aliphatic rings. The standard InChI is InChI=1S/C13H21N3/c1-4-15-12-5-13(7-14-6-12)16-8-10(2)11(3)9-16/h5-7,10-11,15H,4,8-9H2,1-3H3. The lowest BCUT2D eigenvalue weighted by atomic mass is 10.0. The molecular formula is C13H21N3. The molecule has 1 fully saturated rings. The number of hydrogen-bond acceptors (Lipinski definition) is 3. The van der Waals surface area contributed by atoms with Crippen molar-refractivity contribution in [3.8, 4) is 0 Å². The van der Waals surface area contributed by atoms with Crippen LogP contribution in [0.1, 0.15) is 20.8 Å². The second-order valence-electron chi connectivity index (χ2n) is 4.82. The van der Waals surface area contributed by atoms with Crippen molar-refractivity contribution in [2.45, 2.75) is 20.8 Å². The molecule has 3 nitrogen and oxygen atoms in total. The van der Waals surface area contributed by atoms with Crippen LogP contribution < -0.4 is 10.2 Å².